The number of nitrogens with zero attached hydrogens (tertiary/aromatic N) is 3. The minimum atomic E-state index is -0.0260. The summed E-state index contributed by atoms with van der Waals surface area (Å²) in [7, 11) is 0. The van der Waals surface area contributed by atoms with E-state index in [1.54, 1.807) is 0 Å². The number of aryl methyl sites for hydroxylation is 1. The van der Waals surface area contributed by atoms with Gasteiger partial charge in [-0.25, -0.2) is 4.98 Å². The van der Waals surface area contributed by atoms with Gasteiger partial charge in [0.2, 0.25) is 0 Å². The molecule has 0 aromatic carbocycles. The monoisotopic (exact) mass is 230 g/mol. The first-order valence-corrected chi connectivity index (χ1v) is 5.96. The van der Waals surface area contributed by atoms with Crippen LogP contribution >= 0.6 is 0 Å². The van der Waals surface area contributed by atoms with E-state index in [-0.39, 0.29) is 6.04 Å². The zero-order chi connectivity index (χ0) is 12.3. The van der Waals surface area contributed by atoms with Gasteiger partial charge in [-0.2, -0.15) is 0 Å². The highest BCUT2D eigenvalue weighted by atomic mass is 15.1. The minimum absolute atomic E-state index is 0.0260. The molecule has 0 aliphatic rings. The van der Waals surface area contributed by atoms with Crippen molar-refractivity contribution in [3.05, 3.63) is 42.2 Å². The average molecular weight is 230 g/mol. The summed E-state index contributed by atoms with van der Waals surface area (Å²) in [5.74, 6) is 1.07. The summed E-state index contributed by atoms with van der Waals surface area (Å²) in [5, 5.41) is 0. The first kappa shape index (κ1) is 11.8. The maximum atomic E-state index is 5.78. The van der Waals surface area contributed by atoms with E-state index in [0.717, 1.165) is 30.0 Å². The number of hydrogen-bond donors (Lipinski definition) is 1. The summed E-state index contributed by atoms with van der Waals surface area (Å²) in [4.78, 5) is 8.71. The third-order valence-corrected chi connectivity index (χ3v) is 2.71. The first-order valence-electron chi connectivity index (χ1n) is 5.96. The van der Waals surface area contributed by atoms with E-state index < -0.39 is 0 Å². The van der Waals surface area contributed by atoms with Crippen LogP contribution in [0, 0.1) is 0 Å². The Morgan fingerprint density at radius 2 is 2.18 bits per heavy atom. The highest BCUT2D eigenvalue weighted by Gasteiger charge is 2.05. The van der Waals surface area contributed by atoms with E-state index in [1.165, 1.54) is 0 Å². The van der Waals surface area contributed by atoms with Crippen LogP contribution in [0.1, 0.15) is 37.8 Å². The van der Waals surface area contributed by atoms with Crippen LogP contribution in [0.3, 0.4) is 0 Å². The molecule has 2 aromatic rings. The second kappa shape index (κ2) is 5.10. The van der Waals surface area contributed by atoms with Crippen molar-refractivity contribution in [2.45, 2.75) is 32.7 Å². The minimum Gasteiger partial charge on any atom is -0.323 e. The summed E-state index contributed by atoms with van der Waals surface area (Å²) in [6.45, 7) is 4.08. The molecule has 0 bridgehead atoms. The number of rotatable bonds is 4. The highest BCUT2D eigenvalue weighted by Crippen LogP contribution is 2.13. The van der Waals surface area contributed by atoms with Crippen LogP contribution in [-0.2, 0) is 6.42 Å². The van der Waals surface area contributed by atoms with E-state index >= 15 is 0 Å². The summed E-state index contributed by atoms with van der Waals surface area (Å²) < 4.78 is 2.07. The van der Waals surface area contributed by atoms with Crippen LogP contribution < -0.4 is 5.73 Å². The number of nitrogens with two attached hydrogens (primary N) is 1. The fraction of sp³-hybridized carbons (Fsp3) is 0.385. The molecule has 0 aliphatic carbocycles. The van der Waals surface area contributed by atoms with Gasteiger partial charge in [0.25, 0.3) is 0 Å². The molecule has 90 valence electrons. The van der Waals surface area contributed by atoms with Gasteiger partial charge in [0, 0.05) is 24.9 Å². The van der Waals surface area contributed by atoms with E-state index in [9.17, 15) is 0 Å². The molecule has 2 heterocycles. The number of imidazole rings is 1. The predicted octanol–water partition coefficient (Wildman–Crippen LogP) is 2.24. The summed E-state index contributed by atoms with van der Waals surface area (Å²) in [6, 6.07) is 3.98. The number of pyridine rings is 1. The average Bonchev–Trinajstić information content (AvgIpc) is 2.78. The Kier molecular flexibility index (Phi) is 3.54. The molecular weight excluding hydrogens is 212 g/mol. The molecule has 0 fully saturated rings. The second-order valence-corrected chi connectivity index (χ2v) is 4.19. The van der Waals surface area contributed by atoms with Crippen molar-refractivity contribution in [3.63, 3.8) is 0 Å². The van der Waals surface area contributed by atoms with Crippen LogP contribution in [0.2, 0.25) is 0 Å². The van der Waals surface area contributed by atoms with Gasteiger partial charge in [-0.05, 0) is 25.5 Å². The maximum Gasteiger partial charge on any atom is 0.113 e. The molecule has 2 N–H and O–H groups in total. The predicted molar refractivity (Wildman–Crippen MR) is 68.0 cm³/mol. The van der Waals surface area contributed by atoms with Crippen LogP contribution in [0.5, 0.6) is 0 Å². The Labute approximate surface area is 102 Å². The van der Waals surface area contributed by atoms with Gasteiger partial charge in [0.05, 0.1) is 17.6 Å². The fourth-order valence-corrected chi connectivity index (χ4v) is 1.79. The van der Waals surface area contributed by atoms with Crippen molar-refractivity contribution in [2.75, 3.05) is 0 Å². The largest absolute Gasteiger partial charge is 0.323 e. The highest BCUT2D eigenvalue weighted by molar-refractivity contribution is 5.31. The van der Waals surface area contributed by atoms with Crippen molar-refractivity contribution in [1.82, 2.24) is 14.5 Å². The Bertz CT molecular complexity index is 470. The van der Waals surface area contributed by atoms with Gasteiger partial charge >= 0.3 is 0 Å². The SMILES string of the molecule is CCCc1nccn1-c1ccc(C(C)N)nc1. The molecule has 0 radical (unpaired) electrons. The Hall–Kier alpha value is -1.68. The van der Waals surface area contributed by atoms with E-state index in [4.69, 9.17) is 5.73 Å². The molecular formula is C13H18N4. The van der Waals surface area contributed by atoms with Crippen molar-refractivity contribution >= 4 is 0 Å². The van der Waals surface area contributed by atoms with E-state index in [2.05, 4.69) is 21.5 Å². The van der Waals surface area contributed by atoms with Gasteiger partial charge < -0.3 is 10.3 Å². The number of aromatic nitrogens is 3. The standard InChI is InChI=1S/C13H18N4/c1-3-4-13-15-7-8-17(13)11-5-6-12(10(2)14)16-9-11/h5-10H,3-4,14H2,1-2H3. The van der Waals surface area contributed by atoms with Gasteiger partial charge in [-0.15, -0.1) is 0 Å². The molecule has 17 heavy (non-hydrogen) atoms. The molecule has 0 saturated heterocycles. The zero-order valence-electron chi connectivity index (χ0n) is 10.3. The van der Waals surface area contributed by atoms with Crippen LogP contribution in [0.15, 0.2) is 30.7 Å². The lowest BCUT2D eigenvalue weighted by Gasteiger charge is -2.09. The molecule has 2 aromatic heterocycles. The van der Waals surface area contributed by atoms with Gasteiger partial charge in [0.15, 0.2) is 0 Å². The quantitative estimate of drug-likeness (QED) is 0.876. The van der Waals surface area contributed by atoms with Crippen LogP contribution in [-0.4, -0.2) is 14.5 Å². The van der Waals surface area contributed by atoms with Crippen molar-refractivity contribution in [1.29, 1.82) is 0 Å². The lowest BCUT2D eigenvalue weighted by atomic mass is 10.2. The molecule has 4 heteroatoms. The van der Waals surface area contributed by atoms with Gasteiger partial charge in [-0.1, -0.05) is 6.92 Å². The summed E-state index contributed by atoms with van der Waals surface area (Å²) in [6.07, 6.45) is 7.70. The Morgan fingerprint density at radius 1 is 1.35 bits per heavy atom. The lowest BCUT2D eigenvalue weighted by Crippen LogP contribution is -2.08. The first-order chi connectivity index (χ1) is 8.22. The lowest BCUT2D eigenvalue weighted by molar-refractivity contribution is 0.773. The molecule has 0 spiro atoms. The molecule has 2 rings (SSSR count). The Balaban J connectivity index is 2.30. The van der Waals surface area contributed by atoms with Gasteiger partial charge in [-0.3, -0.25) is 4.98 Å². The van der Waals surface area contributed by atoms with E-state index in [1.807, 2.05) is 37.6 Å². The smallest absolute Gasteiger partial charge is 0.113 e. The molecule has 0 aliphatic heterocycles. The number of hydrogen-bond acceptors (Lipinski definition) is 3. The molecule has 1 atom stereocenters. The van der Waals surface area contributed by atoms with Crippen molar-refractivity contribution < 1.29 is 0 Å². The summed E-state index contributed by atoms with van der Waals surface area (Å²) >= 11 is 0. The van der Waals surface area contributed by atoms with Crippen molar-refractivity contribution in [3.8, 4) is 5.69 Å². The topological polar surface area (TPSA) is 56.7 Å². The van der Waals surface area contributed by atoms with Gasteiger partial charge in [0.1, 0.15) is 5.82 Å². The zero-order valence-corrected chi connectivity index (χ0v) is 10.3. The normalized spacial score (nSPS) is 12.6. The molecule has 0 amide bonds. The third kappa shape index (κ3) is 2.53. The maximum absolute atomic E-state index is 5.78. The third-order valence-electron chi connectivity index (χ3n) is 2.71. The summed E-state index contributed by atoms with van der Waals surface area (Å²) in [5.41, 5.74) is 7.72. The van der Waals surface area contributed by atoms with Crippen molar-refractivity contribution in [2.24, 2.45) is 5.73 Å². The Morgan fingerprint density at radius 3 is 2.76 bits per heavy atom. The molecule has 1 unspecified atom stereocenters. The molecule has 4 nitrogen and oxygen atoms in total. The van der Waals surface area contributed by atoms with E-state index in [0.29, 0.717) is 0 Å². The molecule has 0 saturated carbocycles. The van der Waals surface area contributed by atoms with Crippen LogP contribution in [0.4, 0.5) is 0 Å². The van der Waals surface area contributed by atoms with Crippen LogP contribution in [0.25, 0.3) is 5.69 Å². The fourth-order valence-electron chi connectivity index (χ4n) is 1.79. The second-order valence-electron chi connectivity index (χ2n) is 4.19.